The van der Waals surface area contributed by atoms with E-state index in [1.807, 2.05) is 0 Å². The van der Waals surface area contributed by atoms with Gasteiger partial charge in [-0.05, 0) is 32.5 Å². The monoisotopic (exact) mass is 246 g/mol. The van der Waals surface area contributed by atoms with E-state index in [4.69, 9.17) is 0 Å². The summed E-state index contributed by atoms with van der Waals surface area (Å²) in [7, 11) is 0. The van der Waals surface area contributed by atoms with E-state index in [9.17, 15) is 13.2 Å². The van der Waals surface area contributed by atoms with Crippen molar-refractivity contribution in [2.75, 3.05) is 26.2 Å². The number of rotatable bonds is 3. The minimum atomic E-state index is -4.07. The van der Waals surface area contributed by atoms with Gasteiger partial charge >= 0.3 is 6.18 Å². The van der Waals surface area contributed by atoms with Gasteiger partial charge in [0, 0.05) is 6.04 Å². The van der Waals surface area contributed by atoms with Crippen molar-refractivity contribution in [2.45, 2.75) is 32.0 Å². The fraction of sp³-hybridized carbons (Fsp3) is 1.00. The molecule has 0 atom stereocenters. The highest BCUT2D eigenvalue weighted by Gasteiger charge is 2.33. The summed E-state index contributed by atoms with van der Waals surface area (Å²) < 4.78 is 36.6. The van der Waals surface area contributed by atoms with Gasteiger partial charge in [-0.1, -0.05) is 6.92 Å². The molecule has 2 nitrogen and oxygen atoms in total. The highest BCUT2D eigenvalue weighted by molar-refractivity contribution is 5.85. The van der Waals surface area contributed by atoms with E-state index >= 15 is 0 Å². The van der Waals surface area contributed by atoms with Gasteiger partial charge in [0.05, 0.1) is 6.54 Å². The zero-order valence-corrected chi connectivity index (χ0v) is 9.63. The lowest BCUT2D eigenvalue weighted by Gasteiger charge is -2.34. The van der Waals surface area contributed by atoms with Gasteiger partial charge in [0.1, 0.15) is 0 Å². The molecule has 0 aromatic rings. The SMILES string of the molecule is CCN(CC(F)(F)F)C1CCNCC1.Cl. The van der Waals surface area contributed by atoms with Crippen molar-refractivity contribution in [3.63, 3.8) is 0 Å². The van der Waals surface area contributed by atoms with Crippen LogP contribution in [0.4, 0.5) is 13.2 Å². The summed E-state index contributed by atoms with van der Waals surface area (Å²) in [5, 5.41) is 3.15. The molecule has 0 aromatic heterocycles. The summed E-state index contributed by atoms with van der Waals surface area (Å²) in [6, 6.07) is 0.0999. The molecule has 0 unspecified atom stereocenters. The molecule has 6 heteroatoms. The molecule has 1 N–H and O–H groups in total. The van der Waals surface area contributed by atoms with Crippen LogP contribution in [0, 0.1) is 0 Å². The van der Waals surface area contributed by atoms with Crippen molar-refractivity contribution >= 4 is 12.4 Å². The van der Waals surface area contributed by atoms with Gasteiger partial charge in [-0.2, -0.15) is 13.2 Å². The first-order valence-electron chi connectivity index (χ1n) is 5.04. The van der Waals surface area contributed by atoms with Crippen LogP contribution in [0.3, 0.4) is 0 Å². The number of nitrogens with zero attached hydrogens (tertiary/aromatic N) is 1. The molecule has 0 aromatic carbocycles. The van der Waals surface area contributed by atoms with Crippen LogP contribution in [-0.2, 0) is 0 Å². The molecule has 0 bridgehead atoms. The first-order chi connectivity index (χ1) is 6.53. The van der Waals surface area contributed by atoms with Crippen LogP contribution in [0.1, 0.15) is 19.8 Å². The van der Waals surface area contributed by atoms with Gasteiger partial charge in [0.25, 0.3) is 0 Å². The summed E-state index contributed by atoms with van der Waals surface area (Å²) in [5.41, 5.74) is 0. The number of hydrogen-bond acceptors (Lipinski definition) is 2. The molecule has 1 rings (SSSR count). The van der Waals surface area contributed by atoms with Crippen LogP contribution in [0.5, 0.6) is 0 Å². The number of alkyl halides is 3. The predicted octanol–water partition coefficient (Wildman–Crippen LogP) is 2.04. The summed E-state index contributed by atoms with van der Waals surface area (Å²) >= 11 is 0. The number of piperidine rings is 1. The normalized spacial score (nSPS) is 19.0. The quantitative estimate of drug-likeness (QED) is 0.820. The lowest BCUT2D eigenvalue weighted by Crippen LogP contribution is -2.46. The Hall–Kier alpha value is 0. The molecule has 1 aliphatic rings. The second-order valence-electron chi connectivity index (χ2n) is 3.66. The number of halogens is 4. The third-order valence-corrected chi connectivity index (χ3v) is 2.61. The maximum atomic E-state index is 12.2. The van der Waals surface area contributed by atoms with Crippen molar-refractivity contribution in [3.05, 3.63) is 0 Å². The van der Waals surface area contributed by atoms with Crippen molar-refractivity contribution in [1.29, 1.82) is 0 Å². The molecular formula is C9H18ClF3N2. The lowest BCUT2D eigenvalue weighted by molar-refractivity contribution is -0.151. The zero-order chi connectivity index (χ0) is 10.6. The highest BCUT2D eigenvalue weighted by atomic mass is 35.5. The Morgan fingerprint density at radius 2 is 1.80 bits per heavy atom. The molecular weight excluding hydrogens is 229 g/mol. The molecule has 0 radical (unpaired) electrons. The lowest BCUT2D eigenvalue weighted by atomic mass is 10.0. The maximum Gasteiger partial charge on any atom is 0.401 e. The van der Waals surface area contributed by atoms with Crippen LogP contribution in [-0.4, -0.2) is 43.3 Å². The first kappa shape index (κ1) is 15.0. The minimum Gasteiger partial charge on any atom is -0.317 e. The van der Waals surface area contributed by atoms with E-state index in [0.717, 1.165) is 25.9 Å². The van der Waals surface area contributed by atoms with Crippen molar-refractivity contribution < 1.29 is 13.2 Å². The second kappa shape index (κ2) is 6.55. The summed E-state index contributed by atoms with van der Waals surface area (Å²) in [4.78, 5) is 1.53. The molecule has 1 fully saturated rings. The summed E-state index contributed by atoms with van der Waals surface area (Å²) in [5.74, 6) is 0. The highest BCUT2D eigenvalue weighted by Crippen LogP contribution is 2.20. The topological polar surface area (TPSA) is 15.3 Å². The van der Waals surface area contributed by atoms with E-state index in [1.165, 1.54) is 4.90 Å². The van der Waals surface area contributed by atoms with E-state index in [0.29, 0.717) is 6.54 Å². The van der Waals surface area contributed by atoms with Gasteiger partial charge < -0.3 is 5.32 Å². The molecule has 92 valence electrons. The van der Waals surface area contributed by atoms with E-state index < -0.39 is 12.7 Å². The van der Waals surface area contributed by atoms with Crippen LogP contribution in [0.15, 0.2) is 0 Å². The van der Waals surface area contributed by atoms with Crippen molar-refractivity contribution in [1.82, 2.24) is 10.2 Å². The maximum absolute atomic E-state index is 12.2. The average Bonchev–Trinajstić information content (AvgIpc) is 2.14. The van der Waals surface area contributed by atoms with Crippen LogP contribution < -0.4 is 5.32 Å². The van der Waals surface area contributed by atoms with Gasteiger partial charge in [-0.15, -0.1) is 12.4 Å². The molecule has 0 amide bonds. The molecule has 0 spiro atoms. The van der Waals surface area contributed by atoms with Crippen LogP contribution in [0.25, 0.3) is 0 Å². The van der Waals surface area contributed by atoms with Crippen LogP contribution in [0.2, 0.25) is 0 Å². The Bertz CT molecular complexity index is 169. The first-order valence-corrected chi connectivity index (χ1v) is 5.04. The standard InChI is InChI=1S/C9H17F3N2.ClH/c1-2-14(7-9(10,11)12)8-3-5-13-6-4-8;/h8,13H,2-7H2,1H3;1H. The molecule has 1 saturated heterocycles. The van der Waals surface area contributed by atoms with Gasteiger partial charge in [0.15, 0.2) is 0 Å². The second-order valence-corrected chi connectivity index (χ2v) is 3.66. The van der Waals surface area contributed by atoms with Crippen LogP contribution >= 0.6 is 12.4 Å². The Morgan fingerprint density at radius 1 is 1.27 bits per heavy atom. The molecule has 1 aliphatic heterocycles. The Labute approximate surface area is 94.6 Å². The zero-order valence-electron chi connectivity index (χ0n) is 8.81. The third-order valence-electron chi connectivity index (χ3n) is 2.61. The van der Waals surface area contributed by atoms with E-state index in [-0.39, 0.29) is 18.4 Å². The predicted molar refractivity (Wildman–Crippen MR) is 56.4 cm³/mol. The molecule has 0 saturated carbocycles. The fourth-order valence-electron chi connectivity index (χ4n) is 1.90. The Morgan fingerprint density at radius 3 is 2.20 bits per heavy atom. The number of nitrogens with one attached hydrogen (secondary N) is 1. The summed E-state index contributed by atoms with van der Waals surface area (Å²) in [6.07, 6.45) is -2.42. The fourth-order valence-corrected chi connectivity index (χ4v) is 1.90. The van der Waals surface area contributed by atoms with Crippen molar-refractivity contribution in [2.24, 2.45) is 0 Å². The number of hydrogen-bond donors (Lipinski definition) is 1. The molecule has 15 heavy (non-hydrogen) atoms. The largest absolute Gasteiger partial charge is 0.401 e. The summed E-state index contributed by atoms with van der Waals surface area (Å²) in [6.45, 7) is 3.16. The van der Waals surface area contributed by atoms with Gasteiger partial charge in [-0.3, -0.25) is 4.90 Å². The van der Waals surface area contributed by atoms with Gasteiger partial charge in [0.2, 0.25) is 0 Å². The smallest absolute Gasteiger partial charge is 0.317 e. The molecule has 1 heterocycles. The van der Waals surface area contributed by atoms with Gasteiger partial charge in [-0.25, -0.2) is 0 Å². The van der Waals surface area contributed by atoms with E-state index in [1.54, 1.807) is 6.92 Å². The average molecular weight is 247 g/mol. The Balaban J connectivity index is 0.00000196. The van der Waals surface area contributed by atoms with E-state index in [2.05, 4.69) is 5.32 Å². The minimum absolute atomic E-state index is 0. The Kier molecular flexibility index (Phi) is 6.55. The third kappa shape index (κ3) is 5.58. The van der Waals surface area contributed by atoms with Crippen molar-refractivity contribution in [3.8, 4) is 0 Å². The molecule has 0 aliphatic carbocycles.